The van der Waals surface area contributed by atoms with E-state index in [0.717, 1.165) is 10.6 Å². The third-order valence-corrected chi connectivity index (χ3v) is 5.03. The van der Waals surface area contributed by atoms with E-state index >= 15 is 0 Å². The van der Waals surface area contributed by atoms with Crippen molar-refractivity contribution in [1.29, 1.82) is 0 Å². The second kappa shape index (κ2) is 7.69. The maximum atomic E-state index is 14.3. The third kappa shape index (κ3) is 3.96. The number of aryl methyl sites for hydroxylation is 1. The molecule has 1 N–H and O–H groups in total. The molecular weight excluding hydrogens is 377 g/mol. The van der Waals surface area contributed by atoms with E-state index in [1.807, 2.05) is 36.6 Å². The summed E-state index contributed by atoms with van der Waals surface area (Å²) in [5, 5.41) is 9.33. The highest BCUT2D eigenvalue weighted by atomic mass is 32.1. The minimum Gasteiger partial charge on any atom is -0.326 e. The Kier molecular flexibility index (Phi) is 4.94. The number of aromatic nitrogens is 4. The molecule has 0 atom stereocenters. The molecule has 0 aliphatic heterocycles. The van der Waals surface area contributed by atoms with Crippen LogP contribution in [0.15, 0.2) is 60.5 Å². The number of rotatable bonds is 5. The predicted molar refractivity (Wildman–Crippen MR) is 106 cm³/mol. The Balaban J connectivity index is 1.42. The number of carbonyl (C=O) groups is 1. The Bertz CT molecular complexity index is 1110. The van der Waals surface area contributed by atoms with Gasteiger partial charge in [0.15, 0.2) is 5.82 Å². The number of hydrogen-bond acceptors (Lipinski definition) is 5. The van der Waals surface area contributed by atoms with Gasteiger partial charge in [0.2, 0.25) is 5.91 Å². The lowest BCUT2D eigenvalue weighted by Gasteiger charge is -2.07. The van der Waals surface area contributed by atoms with Crippen LogP contribution in [0.3, 0.4) is 0 Å². The minimum atomic E-state index is -0.501. The Morgan fingerprint density at radius 1 is 1.21 bits per heavy atom. The smallest absolute Gasteiger partial charge is 0.230 e. The van der Waals surface area contributed by atoms with Crippen molar-refractivity contribution >= 4 is 22.9 Å². The topological polar surface area (TPSA) is 72.7 Å². The van der Waals surface area contributed by atoms with Crippen LogP contribution in [-0.2, 0) is 11.2 Å². The van der Waals surface area contributed by atoms with Crippen molar-refractivity contribution in [2.45, 2.75) is 13.3 Å². The monoisotopic (exact) mass is 393 g/mol. The molecule has 4 aromatic rings. The van der Waals surface area contributed by atoms with Crippen LogP contribution in [0.4, 0.5) is 10.1 Å². The molecule has 0 aliphatic rings. The third-order valence-electron chi connectivity index (χ3n) is 4.09. The summed E-state index contributed by atoms with van der Waals surface area (Å²) in [4.78, 5) is 20.6. The van der Waals surface area contributed by atoms with Crippen LogP contribution in [0, 0.1) is 12.7 Å². The molecule has 140 valence electrons. The second-order valence-electron chi connectivity index (χ2n) is 6.24. The molecule has 0 spiro atoms. The normalized spacial score (nSPS) is 10.8. The largest absolute Gasteiger partial charge is 0.326 e. The van der Waals surface area contributed by atoms with Gasteiger partial charge >= 0.3 is 0 Å². The Hall–Kier alpha value is -3.39. The summed E-state index contributed by atoms with van der Waals surface area (Å²) >= 11 is 1.49. The van der Waals surface area contributed by atoms with Crippen LogP contribution in [0.2, 0.25) is 0 Å². The standard InChI is InChI=1S/C20H16FN5OS/c1-13-2-4-14(5-3-13)20-25-16(10-28-20)9-19(27)24-15-6-7-18(17(21)8-15)26-12-22-11-23-26/h2-8,10-12H,9H2,1H3,(H,24,27). The molecule has 0 unspecified atom stereocenters. The number of nitrogens with zero attached hydrogens (tertiary/aromatic N) is 4. The molecule has 0 fully saturated rings. The van der Waals surface area contributed by atoms with E-state index in [2.05, 4.69) is 20.4 Å². The van der Waals surface area contributed by atoms with Gasteiger partial charge in [0.05, 0.1) is 12.1 Å². The van der Waals surface area contributed by atoms with Gasteiger partial charge in [-0.3, -0.25) is 4.79 Å². The molecule has 0 saturated carbocycles. The number of hydrogen-bond donors (Lipinski definition) is 1. The summed E-state index contributed by atoms with van der Waals surface area (Å²) in [5.74, 6) is -0.757. The predicted octanol–water partition coefficient (Wildman–Crippen LogP) is 4.02. The van der Waals surface area contributed by atoms with Gasteiger partial charge in [-0.2, -0.15) is 5.10 Å². The molecule has 0 bridgehead atoms. The van der Waals surface area contributed by atoms with Crippen LogP contribution in [0.25, 0.3) is 16.3 Å². The Morgan fingerprint density at radius 2 is 2.04 bits per heavy atom. The lowest BCUT2D eigenvalue weighted by Crippen LogP contribution is -2.15. The molecule has 2 heterocycles. The minimum absolute atomic E-state index is 0.120. The number of carbonyl (C=O) groups excluding carboxylic acids is 1. The molecule has 2 aromatic carbocycles. The van der Waals surface area contributed by atoms with Gasteiger partial charge in [-0.15, -0.1) is 11.3 Å². The van der Waals surface area contributed by atoms with E-state index in [9.17, 15) is 9.18 Å². The van der Waals surface area contributed by atoms with Gasteiger partial charge < -0.3 is 5.32 Å². The van der Waals surface area contributed by atoms with Crippen molar-refractivity contribution in [1.82, 2.24) is 19.7 Å². The fraction of sp³-hybridized carbons (Fsp3) is 0.100. The first-order valence-corrected chi connectivity index (χ1v) is 9.42. The average Bonchev–Trinajstić information content (AvgIpc) is 3.35. The van der Waals surface area contributed by atoms with Crippen LogP contribution >= 0.6 is 11.3 Å². The van der Waals surface area contributed by atoms with E-state index in [1.54, 1.807) is 6.07 Å². The van der Waals surface area contributed by atoms with Gasteiger partial charge in [-0.1, -0.05) is 29.8 Å². The van der Waals surface area contributed by atoms with E-state index in [0.29, 0.717) is 11.4 Å². The second-order valence-corrected chi connectivity index (χ2v) is 7.10. The lowest BCUT2D eigenvalue weighted by molar-refractivity contribution is -0.115. The number of anilines is 1. The molecule has 8 heteroatoms. The van der Waals surface area contributed by atoms with Crippen LogP contribution in [0.1, 0.15) is 11.3 Å². The molecule has 1 amide bonds. The summed E-state index contributed by atoms with van der Waals surface area (Å²) in [5.41, 5.74) is 3.52. The fourth-order valence-corrected chi connectivity index (χ4v) is 3.52. The zero-order valence-corrected chi connectivity index (χ0v) is 15.8. The van der Waals surface area contributed by atoms with Gasteiger partial charge in [0.25, 0.3) is 0 Å². The first kappa shape index (κ1) is 18.0. The number of nitrogens with one attached hydrogen (secondary N) is 1. The van der Waals surface area contributed by atoms with Gasteiger partial charge in [-0.05, 0) is 25.1 Å². The highest BCUT2D eigenvalue weighted by Crippen LogP contribution is 2.24. The van der Waals surface area contributed by atoms with Gasteiger partial charge in [0.1, 0.15) is 23.3 Å². The number of halogens is 1. The molecule has 0 radical (unpaired) electrons. The highest BCUT2D eigenvalue weighted by Gasteiger charge is 2.11. The van der Waals surface area contributed by atoms with Crippen LogP contribution in [0.5, 0.6) is 0 Å². The maximum absolute atomic E-state index is 14.3. The van der Waals surface area contributed by atoms with Crippen molar-refractivity contribution in [2.75, 3.05) is 5.32 Å². The molecule has 28 heavy (non-hydrogen) atoms. The fourth-order valence-electron chi connectivity index (χ4n) is 2.69. The highest BCUT2D eigenvalue weighted by molar-refractivity contribution is 7.13. The van der Waals surface area contributed by atoms with Crippen molar-refractivity contribution in [2.24, 2.45) is 0 Å². The maximum Gasteiger partial charge on any atom is 0.230 e. The van der Waals surface area contributed by atoms with Crippen LogP contribution < -0.4 is 5.32 Å². The number of benzene rings is 2. The Labute approximate surface area is 164 Å². The van der Waals surface area contributed by atoms with Crippen molar-refractivity contribution in [3.63, 3.8) is 0 Å². The first-order chi connectivity index (χ1) is 13.6. The molecule has 2 aromatic heterocycles. The van der Waals surface area contributed by atoms with Crippen molar-refractivity contribution in [3.05, 3.63) is 77.6 Å². The molecular formula is C20H16FN5OS. The molecule has 0 saturated heterocycles. The van der Waals surface area contributed by atoms with E-state index in [-0.39, 0.29) is 18.0 Å². The quantitative estimate of drug-likeness (QED) is 0.556. The SMILES string of the molecule is Cc1ccc(-c2nc(CC(=O)Nc3ccc(-n4cncn4)c(F)c3)cs2)cc1. The number of thiazole rings is 1. The average molecular weight is 393 g/mol. The summed E-state index contributed by atoms with van der Waals surface area (Å²) in [6, 6.07) is 12.5. The van der Waals surface area contributed by atoms with Gasteiger partial charge in [0, 0.05) is 16.6 Å². The lowest BCUT2D eigenvalue weighted by atomic mass is 10.2. The summed E-state index contributed by atoms with van der Waals surface area (Å²) in [7, 11) is 0. The zero-order chi connectivity index (χ0) is 19.5. The van der Waals surface area contributed by atoms with E-state index in [4.69, 9.17) is 0 Å². The van der Waals surface area contributed by atoms with Crippen LogP contribution in [-0.4, -0.2) is 25.7 Å². The van der Waals surface area contributed by atoms with Gasteiger partial charge in [-0.25, -0.2) is 19.0 Å². The summed E-state index contributed by atoms with van der Waals surface area (Å²) in [6.45, 7) is 2.03. The first-order valence-electron chi connectivity index (χ1n) is 8.54. The van der Waals surface area contributed by atoms with Crippen molar-refractivity contribution in [3.8, 4) is 16.3 Å². The number of amides is 1. The summed E-state index contributed by atoms with van der Waals surface area (Å²) in [6.07, 6.45) is 2.85. The van der Waals surface area contributed by atoms with Crippen molar-refractivity contribution < 1.29 is 9.18 Å². The molecule has 6 nitrogen and oxygen atoms in total. The summed E-state index contributed by atoms with van der Waals surface area (Å²) < 4.78 is 15.6. The Morgan fingerprint density at radius 3 is 2.75 bits per heavy atom. The molecule has 0 aliphatic carbocycles. The molecule has 4 rings (SSSR count). The van der Waals surface area contributed by atoms with E-state index < -0.39 is 5.82 Å². The van der Waals surface area contributed by atoms with E-state index in [1.165, 1.54) is 46.4 Å². The zero-order valence-electron chi connectivity index (χ0n) is 15.0.